The van der Waals surface area contributed by atoms with Crippen molar-refractivity contribution < 1.29 is 8.78 Å². The molecule has 0 aromatic heterocycles. The molecule has 20 heavy (non-hydrogen) atoms. The lowest BCUT2D eigenvalue weighted by molar-refractivity contribution is 0.151. The fourth-order valence-electron chi connectivity index (χ4n) is 2.37. The number of likely N-dealkylation sites (N-methyl/N-ethyl adjacent to an activating group) is 1. The lowest BCUT2D eigenvalue weighted by Crippen LogP contribution is -2.36. The van der Waals surface area contributed by atoms with Gasteiger partial charge in [-0.05, 0) is 18.0 Å². The van der Waals surface area contributed by atoms with Crippen LogP contribution in [0, 0.1) is 5.92 Å². The Morgan fingerprint density at radius 2 is 1.65 bits per heavy atom. The van der Waals surface area contributed by atoms with E-state index in [2.05, 4.69) is 25.7 Å². The van der Waals surface area contributed by atoms with E-state index in [1.807, 2.05) is 0 Å². The topological polar surface area (TPSA) is 29.3 Å². The molecule has 0 bridgehead atoms. The Morgan fingerprint density at radius 1 is 1.10 bits per heavy atom. The molecule has 0 spiro atoms. The Hall–Kier alpha value is -1.00. The van der Waals surface area contributed by atoms with E-state index in [4.69, 9.17) is 5.73 Å². The Bertz CT molecular complexity index is 379. The summed E-state index contributed by atoms with van der Waals surface area (Å²) in [6.45, 7) is 8.88. The molecule has 0 saturated carbocycles. The molecule has 0 radical (unpaired) electrons. The van der Waals surface area contributed by atoms with E-state index in [-0.39, 0.29) is 11.6 Å². The molecular weight excluding hydrogens is 258 g/mol. The summed E-state index contributed by atoms with van der Waals surface area (Å²) in [6.07, 6.45) is -1.29. The summed E-state index contributed by atoms with van der Waals surface area (Å²) in [5, 5.41) is 0. The highest BCUT2D eigenvalue weighted by Crippen LogP contribution is 2.25. The number of benzene rings is 1. The standard InChI is InChI=1S/C16H26F2N2/c1-4-12(3)11-20(5-2)15(10-19)13-6-8-14(9-7-13)16(17)18/h6-9,12,15-16H,4-5,10-11,19H2,1-3H3. The van der Waals surface area contributed by atoms with Crippen LogP contribution < -0.4 is 5.73 Å². The number of nitrogens with two attached hydrogens (primary N) is 1. The van der Waals surface area contributed by atoms with Gasteiger partial charge in [0.25, 0.3) is 6.43 Å². The van der Waals surface area contributed by atoms with Crippen LogP contribution in [0.15, 0.2) is 24.3 Å². The SMILES string of the molecule is CCC(C)CN(CC)C(CN)c1ccc(C(F)F)cc1. The van der Waals surface area contributed by atoms with Gasteiger partial charge in [0.05, 0.1) is 0 Å². The average molecular weight is 284 g/mol. The number of hydrogen-bond donors (Lipinski definition) is 1. The zero-order valence-electron chi connectivity index (χ0n) is 12.7. The van der Waals surface area contributed by atoms with Gasteiger partial charge in [0, 0.05) is 24.7 Å². The van der Waals surface area contributed by atoms with Gasteiger partial charge in [0.1, 0.15) is 0 Å². The quantitative estimate of drug-likeness (QED) is 0.782. The molecule has 0 fully saturated rings. The molecule has 0 aliphatic rings. The average Bonchev–Trinajstić information content (AvgIpc) is 2.47. The van der Waals surface area contributed by atoms with Crippen LogP contribution >= 0.6 is 0 Å². The third-order valence-corrected chi connectivity index (χ3v) is 3.89. The summed E-state index contributed by atoms with van der Waals surface area (Å²) in [4.78, 5) is 2.32. The first-order valence-electron chi connectivity index (χ1n) is 7.35. The lowest BCUT2D eigenvalue weighted by atomic mass is 10.0. The van der Waals surface area contributed by atoms with Gasteiger partial charge in [-0.15, -0.1) is 0 Å². The van der Waals surface area contributed by atoms with Crippen LogP contribution in [-0.4, -0.2) is 24.5 Å². The summed E-state index contributed by atoms with van der Waals surface area (Å²) in [7, 11) is 0. The van der Waals surface area contributed by atoms with Crippen molar-refractivity contribution in [3.8, 4) is 0 Å². The maximum atomic E-state index is 12.6. The maximum Gasteiger partial charge on any atom is 0.263 e. The van der Waals surface area contributed by atoms with Gasteiger partial charge in [0.15, 0.2) is 0 Å². The van der Waals surface area contributed by atoms with Crippen molar-refractivity contribution >= 4 is 0 Å². The predicted octanol–water partition coefficient (Wildman–Crippen LogP) is 3.99. The maximum absolute atomic E-state index is 12.6. The highest BCUT2D eigenvalue weighted by atomic mass is 19.3. The molecule has 2 atom stereocenters. The molecule has 2 unspecified atom stereocenters. The van der Waals surface area contributed by atoms with Gasteiger partial charge in [-0.3, -0.25) is 4.90 Å². The smallest absolute Gasteiger partial charge is 0.263 e. The van der Waals surface area contributed by atoms with Gasteiger partial charge in [-0.2, -0.15) is 0 Å². The summed E-state index contributed by atoms with van der Waals surface area (Å²) in [5.74, 6) is 0.601. The van der Waals surface area contributed by atoms with E-state index in [0.29, 0.717) is 12.5 Å². The van der Waals surface area contributed by atoms with Crippen LogP contribution in [0.1, 0.15) is 50.8 Å². The van der Waals surface area contributed by atoms with Gasteiger partial charge >= 0.3 is 0 Å². The number of alkyl halides is 2. The largest absolute Gasteiger partial charge is 0.329 e. The summed E-state index contributed by atoms with van der Waals surface area (Å²) in [6, 6.07) is 6.65. The number of nitrogens with zero attached hydrogens (tertiary/aromatic N) is 1. The van der Waals surface area contributed by atoms with Gasteiger partial charge in [0.2, 0.25) is 0 Å². The van der Waals surface area contributed by atoms with Crippen molar-refractivity contribution in [2.75, 3.05) is 19.6 Å². The Kier molecular flexibility index (Phi) is 7.10. The first-order valence-corrected chi connectivity index (χ1v) is 7.35. The van der Waals surface area contributed by atoms with Crippen LogP contribution in [0.4, 0.5) is 8.78 Å². The lowest BCUT2D eigenvalue weighted by Gasteiger charge is -2.32. The normalized spacial score (nSPS) is 14.8. The molecule has 4 heteroatoms. The van der Waals surface area contributed by atoms with Crippen LogP contribution in [0.5, 0.6) is 0 Å². The van der Waals surface area contributed by atoms with E-state index in [1.165, 1.54) is 12.1 Å². The van der Waals surface area contributed by atoms with Crippen LogP contribution in [0.2, 0.25) is 0 Å². The molecule has 2 nitrogen and oxygen atoms in total. The third-order valence-electron chi connectivity index (χ3n) is 3.89. The highest BCUT2D eigenvalue weighted by Gasteiger charge is 2.19. The van der Waals surface area contributed by atoms with Crippen molar-refractivity contribution in [2.24, 2.45) is 11.7 Å². The minimum absolute atomic E-state index is 0.0643. The minimum atomic E-state index is -2.41. The van der Waals surface area contributed by atoms with Crippen molar-refractivity contribution in [3.63, 3.8) is 0 Å². The van der Waals surface area contributed by atoms with Gasteiger partial charge < -0.3 is 5.73 Å². The molecular formula is C16H26F2N2. The second kappa shape index (κ2) is 8.32. The molecule has 0 aliphatic carbocycles. The molecule has 1 rings (SSSR count). The molecule has 2 N–H and O–H groups in total. The van der Waals surface area contributed by atoms with Crippen LogP contribution in [-0.2, 0) is 0 Å². The zero-order chi connectivity index (χ0) is 15.1. The van der Waals surface area contributed by atoms with E-state index in [9.17, 15) is 8.78 Å². The Labute approximate surface area is 121 Å². The fourth-order valence-corrected chi connectivity index (χ4v) is 2.37. The fraction of sp³-hybridized carbons (Fsp3) is 0.625. The number of halogens is 2. The second-order valence-corrected chi connectivity index (χ2v) is 5.32. The molecule has 0 heterocycles. The van der Waals surface area contributed by atoms with Crippen molar-refractivity contribution in [1.82, 2.24) is 4.90 Å². The molecule has 114 valence electrons. The van der Waals surface area contributed by atoms with Crippen LogP contribution in [0.3, 0.4) is 0 Å². The second-order valence-electron chi connectivity index (χ2n) is 5.32. The Balaban J connectivity index is 2.87. The van der Waals surface area contributed by atoms with Crippen molar-refractivity contribution in [3.05, 3.63) is 35.4 Å². The molecule has 0 amide bonds. The van der Waals surface area contributed by atoms with E-state index < -0.39 is 6.43 Å². The molecule has 0 saturated heterocycles. The number of hydrogen-bond acceptors (Lipinski definition) is 2. The van der Waals surface area contributed by atoms with E-state index >= 15 is 0 Å². The van der Waals surface area contributed by atoms with Crippen molar-refractivity contribution in [2.45, 2.75) is 39.7 Å². The highest BCUT2D eigenvalue weighted by molar-refractivity contribution is 5.26. The third kappa shape index (κ3) is 4.53. The van der Waals surface area contributed by atoms with E-state index in [1.54, 1.807) is 12.1 Å². The summed E-state index contributed by atoms with van der Waals surface area (Å²) < 4.78 is 25.2. The van der Waals surface area contributed by atoms with Gasteiger partial charge in [-0.25, -0.2) is 8.78 Å². The van der Waals surface area contributed by atoms with Crippen molar-refractivity contribution in [1.29, 1.82) is 0 Å². The Morgan fingerprint density at radius 3 is 2.05 bits per heavy atom. The monoisotopic (exact) mass is 284 g/mol. The zero-order valence-corrected chi connectivity index (χ0v) is 12.7. The van der Waals surface area contributed by atoms with Crippen LogP contribution in [0.25, 0.3) is 0 Å². The summed E-state index contributed by atoms with van der Waals surface area (Å²) >= 11 is 0. The van der Waals surface area contributed by atoms with E-state index in [0.717, 1.165) is 25.1 Å². The predicted molar refractivity (Wildman–Crippen MR) is 79.9 cm³/mol. The molecule has 0 aliphatic heterocycles. The molecule has 1 aromatic rings. The van der Waals surface area contributed by atoms with Gasteiger partial charge in [-0.1, -0.05) is 51.5 Å². The molecule has 1 aromatic carbocycles. The first kappa shape index (κ1) is 17.1. The number of rotatable bonds is 8. The first-order chi connectivity index (χ1) is 9.53. The minimum Gasteiger partial charge on any atom is -0.329 e. The summed E-state index contributed by atoms with van der Waals surface area (Å²) in [5.41, 5.74) is 6.99.